The lowest BCUT2D eigenvalue weighted by atomic mass is 9.91. The van der Waals surface area contributed by atoms with E-state index < -0.39 is 5.54 Å². The fraction of sp³-hybridized carbons (Fsp3) is 0.593. The van der Waals surface area contributed by atoms with E-state index in [1.807, 2.05) is 32.0 Å². The zero-order valence-corrected chi connectivity index (χ0v) is 21.8. The van der Waals surface area contributed by atoms with Crippen LogP contribution >= 0.6 is 0 Å². The number of rotatable bonds is 10. The van der Waals surface area contributed by atoms with Crippen LogP contribution in [-0.4, -0.2) is 72.1 Å². The molecule has 2 aromatic rings. The van der Waals surface area contributed by atoms with E-state index in [4.69, 9.17) is 19.3 Å². The van der Waals surface area contributed by atoms with Gasteiger partial charge in [-0.25, -0.2) is 0 Å². The number of carbonyl (C=O) groups is 2. The van der Waals surface area contributed by atoms with Crippen molar-refractivity contribution >= 4 is 11.8 Å². The minimum absolute atomic E-state index is 0.118. The van der Waals surface area contributed by atoms with Crippen molar-refractivity contribution in [2.45, 2.75) is 70.5 Å². The van der Waals surface area contributed by atoms with Crippen molar-refractivity contribution in [3.8, 4) is 22.8 Å². The molecule has 1 aromatic carbocycles. The van der Waals surface area contributed by atoms with Crippen LogP contribution in [0, 0.1) is 0 Å². The lowest BCUT2D eigenvalue weighted by Crippen LogP contribution is -2.65. The Bertz CT molecular complexity index is 1080. The van der Waals surface area contributed by atoms with E-state index in [0.29, 0.717) is 49.1 Å². The number of aromatic nitrogens is 2. The fourth-order valence-corrected chi connectivity index (χ4v) is 5.19. The molecule has 1 aliphatic carbocycles. The third-order valence-electron chi connectivity index (χ3n) is 7.28. The van der Waals surface area contributed by atoms with Crippen molar-refractivity contribution in [1.29, 1.82) is 0 Å². The maximum atomic E-state index is 13.8. The molecule has 9 heteroatoms. The van der Waals surface area contributed by atoms with Crippen LogP contribution in [-0.2, 0) is 16.1 Å². The van der Waals surface area contributed by atoms with Crippen LogP contribution in [0.4, 0.5) is 0 Å². The van der Waals surface area contributed by atoms with Crippen LogP contribution in [0.3, 0.4) is 0 Å². The summed E-state index contributed by atoms with van der Waals surface area (Å²) in [6.07, 6.45) is 6.07. The van der Waals surface area contributed by atoms with Crippen LogP contribution in [0.2, 0.25) is 0 Å². The molecule has 36 heavy (non-hydrogen) atoms. The summed E-state index contributed by atoms with van der Waals surface area (Å²) in [6, 6.07) is 7.49. The Morgan fingerprint density at radius 3 is 2.58 bits per heavy atom. The maximum Gasteiger partial charge on any atom is 0.273 e. The van der Waals surface area contributed by atoms with Crippen molar-refractivity contribution in [3.63, 3.8) is 0 Å². The quantitative estimate of drug-likeness (QED) is 0.503. The number of hydrogen-bond donors (Lipinski definition) is 1. The van der Waals surface area contributed by atoms with Crippen molar-refractivity contribution in [2.24, 2.45) is 0 Å². The predicted molar refractivity (Wildman–Crippen MR) is 136 cm³/mol. The minimum Gasteiger partial charge on any atom is -0.493 e. The minimum atomic E-state index is -1.05. The third-order valence-corrected chi connectivity index (χ3v) is 7.28. The van der Waals surface area contributed by atoms with Crippen LogP contribution in [0.15, 0.2) is 24.3 Å². The van der Waals surface area contributed by atoms with Crippen molar-refractivity contribution in [3.05, 3.63) is 30.0 Å². The van der Waals surface area contributed by atoms with E-state index in [2.05, 4.69) is 5.32 Å². The summed E-state index contributed by atoms with van der Waals surface area (Å²) in [5, 5.41) is 7.98. The van der Waals surface area contributed by atoms with Gasteiger partial charge in [0.25, 0.3) is 5.91 Å². The summed E-state index contributed by atoms with van der Waals surface area (Å²) in [7, 11) is 3.17. The highest BCUT2D eigenvalue weighted by atomic mass is 16.5. The summed E-state index contributed by atoms with van der Waals surface area (Å²) >= 11 is 0. The molecule has 0 radical (unpaired) electrons. The molecule has 1 atom stereocenters. The first kappa shape index (κ1) is 26.0. The number of ether oxygens (including phenoxy) is 3. The molecule has 2 amide bonds. The molecule has 1 N–H and O–H groups in total. The Labute approximate surface area is 213 Å². The van der Waals surface area contributed by atoms with Gasteiger partial charge in [-0.1, -0.05) is 19.3 Å². The summed E-state index contributed by atoms with van der Waals surface area (Å²) in [5.41, 5.74) is 0.873. The average Bonchev–Trinajstić information content (AvgIpc) is 3.32. The van der Waals surface area contributed by atoms with Gasteiger partial charge in [-0.15, -0.1) is 0 Å². The molecule has 0 saturated heterocycles. The zero-order valence-electron chi connectivity index (χ0n) is 21.8. The summed E-state index contributed by atoms with van der Waals surface area (Å²) in [5.74, 6) is 0.890. The molecule has 2 heterocycles. The van der Waals surface area contributed by atoms with E-state index in [-0.39, 0.29) is 24.4 Å². The molecule has 0 bridgehead atoms. The van der Waals surface area contributed by atoms with E-state index in [1.54, 1.807) is 29.9 Å². The van der Waals surface area contributed by atoms with Gasteiger partial charge in [0.05, 0.1) is 26.5 Å². The standard InChI is InChI=1S/C27H38N4O5/c1-5-36-15-9-14-30-25(32)22-17-21(19-12-13-23(34-3)24(16-19)35-4)29-31(22)18-27(30,2)26(33)28-20-10-7-6-8-11-20/h12-13,16-17,20H,5-11,14-15,18H2,1-4H3,(H,28,33)/t27-/m1/s1. The lowest BCUT2D eigenvalue weighted by Gasteiger charge is -2.44. The van der Waals surface area contributed by atoms with Crippen LogP contribution < -0.4 is 14.8 Å². The molecule has 196 valence electrons. The van der Waals surface area contributed by atoms with Gasteiger partial charge >= 0.3 is 0 Å². The molecule has 9 nitrogen and oxygen atoms in total. The Hall–Kier alpha value is -3.07. The van der Waals surface area contributed by atoms with Gasteiger partial charge in [-0.3, -0.25) is 14.3 Å². The molecule has 1 aromatic heterocycles. The number of carbonyl (C=O) groups excluding carboxylic acids is 2. The van der Waals surface area contributed by atoms with Crippen LogP contribution in [0.1, 0.15) is 62.9 Å². The molecule has 1 aliphatic heterocycles. The summed E-state index contributed by atoms with van der Waals surface area (Å²) in [4.78, 5) is 29.1. The Balaban J connectivity index is 1.64. The fourth-order valence-electron chi connectivity index (χ4n) is 5.19. The van der Waals surface area contributed by atoms with E-state index >= 15 is 0 Å². The second kappa shape index (κ2) is 11.3. The SMILES string of the molecule is CCOCCCN1C(=O)c2cc(-c3ccc(OC)c(OC)c3)nn2C[C@]1(C)C(=O)NC1CCCCC1. The van der Waals surface area contributed by atoms with Gasteiger partial charge in [0, 0.05) is 31.4 Å². The number of nitrogens with one attached hydrogen (secondary N) is 1. The van der Waals surface area contributed by atoms with Gasteiger partial charge in [0.1, 0.15) is 11.2 Å². The number of fused-ring (bicyclic) bond motifs is 1. The van der Waals surface area contributed by atoms with Gasteiger partial charge in [-0.2, -0.15) is 5.10 Å². The van der Waals surface area contributed by atoms with Crippen molar-refractivity contribution in [1.82, 2.24) is 20.0 Å². The topological polar surface area (TPSA) is 94.9 Å². The van der Waals surface area contributed by atoms with Crippen molar-refractivity contribution < 1.29 is 23.8 Å². The first-order valence-corrected chi connectivity index (χ1v) is 12.9. The number of nitrogens with zero attached hydrogens (tertiary/aromatic N) is 3. The first-order chi connectivity index (χ1) is 17.4. The predicted octanol–water partition coefficient (Wildman–Crippen LogP) is 3.66. The Morgan fingerprint density at radius 2 is 1.89 bits per heavy atom. The van der Waals surface area contributed by atoms with Gasteiger partial charge in [-0.05, 0) is 57.4 Å². The highest BCUT2D eigenvalue weighted by Crippen LogP contribution is 2.34. The molecule has 1 saturated carbocycles. The van der Waals surface area contributed by atoms with Crippen molar-refractivity contribution in [2.75, 3.05) is 34.0 Å². The zero-order chi connectivity index (χ0) is 25.7. The average molecular weight is 499 g/mol. The molecular formula is C27H38N4O5. The Morgan fingerprint density at radius 1 is 1.14 bits per heavy atom. The van der Waals surface area contributed by atoms with Gasteiger partial charge in [0.2, 0.25) is 5.91 Å². The lowest BCUT2D eigenvalue weighted by molar-refractivity contribution is -0.134. The van der Waals surface area contributed by atoms with E-state index in [9.17, 15) is 9.59 Å². The van der Waals surface area contributed by atoms with E-state index in [0.717, 1.165) is 31.2 Å². The van der Waals surface area contributed by atoms with Gasteiger partial charge in [0.15, 0.2) is 11.5 Å². The second-order valence-corrected chi connectivity index (χ2v) is 9.73. The summed E-state index contributed by atoms with van der Waals surface area (Å²) < 4.78 is 18.0. The molecule has 2 aliphatic rings. The van der Waals surface area contributed by atoms with Gasteiger partial charge < -0.3 is 24.4 Å². The molecular weight excluding hydrogens is 460 g/mol. The van der Waals surface area contributed by atoms with E-state index in [1.165, 1.54) is 6.42 Å². The Kier molecular flexibility index (Phi) is 8.18. The number of hydrogen-bond acceptors (Lipinski definition) is 6. The highest BCUT2D eigenvalue weighted by Gasteiger charge is 2.48. The summed E-state index contributed by atoms with van der Waals surface area (Å²) in [6.45, 7) is 5.68. The van der Waals surface area contributed by atoms with Crippen LogP contribution in [0.5, 0.6) is 11.5 Å². The third kappa shape index (κ3) is 5.21. The van der Waals surface area contributed by atoms with Crippen LogP contribution in [0.25, 0.3) is 11.3 Å². The second-order valence-electron chi connectivity index (χ2n) is 9.73. The normalized spacial score (nSPS) is 20.2. The number of benzene rings is 1. The molecule has 0 unspecified atom stereocenters. The monoisotopic (exact) mass is 498 g/mol. The maximum absolute atomic E-state index is 13.8. The highest BCUT2D eigenvalue weighted by molar-refractivity contribution is 6.00. The molecule has 4 rings (SSSR count). The largest absolute Gasteiger partial charge is 0.493 e. The number of methoxy groups -OCH3 is 2. The first-order valence-electron chi connectivity index (χ1n) is 12.9. The number of amides is 2. The molecule has 0 spiro atoms. The smallest absolute Gasteiger partial charge is 0.273 e. The molecule has 1 fully saturated rings.